The van der Waals surface area contributed by atoms with Crippen LogP contribution in [0, 0.1) is 5.92 Å². The molecule has 1 atom stereocenters. The molecule has 0 amide bonds. The SMILES string of the molecule is COc1ccccc1CC(CCl)Cc1cnn(C)c1. The van der Waals surface area contributed by atoms with Gasteiger partial charge in [-0.1, -0.05) is 18.2 Å². The Bertz CT molecular complexity index is 524. The maximum atomic E-state index is 6.10. The molecule has 0 saturated heterocycles. The molecule has 2 rings (SSSR count). The Morgan fingerprint density at radius 3 is 2.74 bits per heavy atom. The van der Waals surface area contributed by atoms with Crippen molar-refractivity contribution in [2.45, 2.75) is 12.8 Å². The van der Waals surface area contributed by atoms with Crippen molar-refractivity contribution >= 4 is 11.6 Å². The smallest absolute Gasteiger partial charge is 0.122 e. The Balaban J connectivity index is 2.06. The zero-order valence-corrected chi connectivity index (χ0v) is 12.1. The Morgan fingerprint density at radius 2 is 2.11 bits per heavy atom. The van der Waals surface area contributed by atoms with Crippen LogP contribution in [0.25, 0.3) is 0 Å². The van der Waals surface area contributed by atoms with Gasteiger partial charge >= 0.3 is 0 Å². The first-order valence-electron chi connectivity index (χ1n) is 6.38. The van der Waals surface area contributed by atoms with E-state index in [0.29, 0.717) is 11.8 Å². The van der Waals surface area contributed by atoms with E-state index in [2.05, 4.69) is 11.2 Å². The monoisotopic (exact) mass is 278 g/mol. The average Bonchev–Trinajstić information content (AvgIpc) is 2.84. The van der Waals surface area contributed by atoms with Gasteiger partial charge in [-0.2, -0.15) is 5.10 Å². The van der Waals surface area contributed by atoms with Crippen molar-refractivity contribution in [1.82, 2.24) is 9.78 Å². The molecule has 0 spiro atoms. The molecule has 1 aromatic carbocycles. The normalized spacial score (nSPS) is 12.4. The van der Waals surface area contributed by atoms with E-state index in [9.17, 15) is 0 Å². The van der Waals surface area contributed by atoms with Crippen LogP contribution in [0.5, 0.6) is 5.75 Å². The predicted octanol–water partition coefficient (Wildman–Crippen LogP) is 3.07. The van der Waals surface area contributed by atoms with Gasteiger partial charge in [-0.15, -0.1) is 11.6 Å². The third kappa shape index (κ3) is 3.74. The Labute approximate surface area is 119 Å². The fraction of sp³-hybridized carbons (Fsp3) is 0.400. The van der Waals surface area contributed by atoms with Crippen molar-refractivity contribution in [3.8, 4) is 5.75 Å². The van der Waals surface area contributed by atoms with Gasteiger partial charge in [-0.05, 0) is 36.0 Å². The van der Waals surface area contributed by atoms with E-state index in [-0.39, 0.29) is 0 Å². The van der Waals surface area contributed by atoms with Crippen LogP contribution in [0.2, 0.25) is 0 Å². The Hall–Kier alpha value is -1.48. The van der Waals surface area contributed by atoms with Crippen LogP contribution >= 0.6 is 11.6 Å². The quantitative estimate of drug-likeness (QED) is 0.760. The molecule has 0 aliphatic rings. The Morgan fingerprint density at radius 1 is 1.32 bits per heavy atom. The van der Waals surface area contributed by atoms with E-state index in [1.165, 1.54) is 11.1 Å². The molecule has 4 heteroatoms. The second kappa shape index (κ2) is 6.62. The van der Waals surface area contributed by atoms with Gasteiger partial charge in [-0.25, -0.2) is 0 Å². The van der Waals surface area contributed by atoms with E-state index in [4.69, 9.17) is 16.3 Å². The van der Waals surface area contributed by atoms with E-state index in [0.717, 1.165) is 18.6 Å². The van der Waals surface area contributed by atoms with Crippen LogP contribution in [0.15, 0.2) is 36.7 Å². The molecule has 3 nitrogen and oxygen atoms in total. The second-order valence-electron chi connectivity index (χ2n) is 4.76. The molecule has 1 unspecified atom stereocenters. The summed E-state index contributed by atoms with van der Waals surface area (Å²) in [4.78, 5) is 0. The summed E-state index contributed by atoms with van der Waals surface area (Å²) >= 11 is 6.10. The van der Waals surface area contributed by atoms with Crippen LogP contribution in [0.1, 0.15) is 11.1 Å². The summed E-state index contributed by atoms with van der Waals surface area (Å²) in [5.74, 6) is 1.96. The van der Waals surface area contributed by atoms with Crippen LogP contribution < -0.4 is 4.74 Å². The Kier molecular flexibility index (Phi) is 4.86. The first-order chi connectivity index (χ1) is 9.22. The van der Waals surface area contributed by atoms with Gasteiger partial charge in [-0.3, -0.25) is 4.68 Å². The lowest BCUT2D eigenvalue weighted by Gasteiger charge is -2.15. The topological polar surface area (TPSA) is 27.1 Å². The maximum Gasteiger partial charge on any atom is 0.122 e. The number of hydrogen-bond donors (Lipinski definition) is 0. The molecule has 1 aromatic heterocycles. The molecule has 0 aliphatic heterocycles. The summed E-state index contributed by atoms with van der Waals surface area (Å²) in [5, 5.41) is 4.19. The molecule has 2 aromatic rings. The summed E-state index contributed by atoms with van der Waals surface area (Å²) in [5.41, 5.74) is 2.43. The van der Waals surface area contributed by atoms with Crippen LogP contribution in [0.4, 0.5) is 0 Å². The summed E-state index contributed by atoms with van der Waals surface area (Å²) in [6, 6.07) is 8.11. The van der Waals surface area contributed by atoms with Crippen molar-refractivity contribution in [2.24, 2.45) is 13.0 Å². The third-order valence-electron chi connectivity index (χ3n) is 3.20. The van der Waals surface area contributed by atoms with Crippen molar-refractivity contribution in [3.63, 3.8) is 0 Å². The molecule has 19 heavy (non-hydrogen) atoms. The fourth-order valence-electron chi connectivity index (χ4n) is 2.27. The lowest BCUT2D eigenvalue weighted by Crippen LogP contribution is -2.10. The van der Waals surface area contributed by atoms with Gasteiger partial charge in [0.25, 0.3) is 0 Å². The van der Waals surface area contributed by atoms with Crippen LogP contribution in [-0.4, -0.2) is 22.8 Å². The number of ether oxygens (including phenoxy) is 1. The third-order valence-corrected chi connectivity index (χ3v) is 3.64. The van der Waals surface area contributed by atoms with Gasteiger partial charge in [0.05, 0.1) is 13.3 Å². The highest BCUT2D eigenvalue weighted by molar-refractivity contribution is 6.18. The molecule has 0 bridgehead atoms. The molecule has 0 radical (unpaired) electrons. The molecule has 1 heterocycles. The van der Waals surface area contributed by atoms with Crippen molar-refractivity contribution < 1.29 is 4.74 Å². The number of rotatable bonds is 6. The van der Waals surface area contributed by atoms with Crippen molar-refractivity contribution in [1.29, 1.82) is 0 Å². The zero-order chi connectivity index (χ0) is 13.7. The average molecular weight is 279 g/mol. The first-order valence-corrected chi connectivity index (χ1v) is 6.91. The molecular formula is C15H19ClN2O. The molecular weight excluding hydrogens is 260 g/mol. The highest BCUT2D eigenvalue weighted by atomic mass is 35.5. The number of aryl methyl sites for hydroxylation is 1. The number of nitrogens with zero attached hydrogens (tertiary/aromatic N) is 2. The minimum atomic E-state index is 0.391. The number of aromatic nitrogens is 2. The van der Waals surface area contributed by atoms with E-state index in [1.807, 2.05) is 42.3 Å². The molecule has 102 valence electrons. The fourth-order valence-corrected chi connectivity index (χ4v) is 2.49. The number of benzene rings is 1. The van der Waals surface area contributed by atoms with E-state index < -0.39 is 0 Å². The zero-order valence-electron chi connectivity index (χ0n) is 11.3. The first kappa shape index (κ1) is 13.9. The largest absolute Gasteiger partial charge is 0.496 e. The lowest BCUT2D eigenvalue weighted by atomic mass is 9.95. The summed E-state index contributed by atoms with van der Waals surface area (Å²) in [6.07, 6.45) is 5.81. The van der Waals surface area contributed by atoms with Gasteiger partial charge in [0.2, 0.25) is 0 Å². The molecule has 0 saturated carbocycles. The van der Waals surface area contributed by atoms with E-state index >= 15 is 0 Å². The number of halogens is 1. The number of alkyl halides is 1. The van der Waals surface area contributed by atoms with E-state index in [1.54, 1.807) is 7.11 Å². The lowest BCUT2D eigenvalue weighted by molar-refractivity contribution is 0.405. The highest BCUT2D eigenvalue weighted by Gasteiger charge is 2.13. The van der Waals surface area contributed by atoms with Crippen molar-refractivity contribution in [2.75, 3.05) is 13.0 Å². The molecule has 0 N–H and O–H groups in total. The summed E-state index contributed by atoms with van der Waals surface area (Å²) < 4.78 is 7.21. The van der Waals surface area contributed by atoms with Crippen molar-refractivity contribution in [3.05, 3.63) is 47.8 Å². The van der Waals surface area contributed by atoms with Gasteiger partial charge in [0, 0.05) is 19.1 Å². The second-order valence-corrected chi connectivity index (χ2v) is 5.07. The van der Waals surface area contributed by atoms with Gasteiger partial charge in [0.1, 0.15) is 5.75 Å². The molecule has 0 fully saturated rings. The maximum absolute atomic E-state index is 6.10. The standard InChI is InChI=1S/C15H19ClN2O/c1-18-11-13(10-17-18)7-12(9-16)8-14-5-3-4-6-15(14)19-2/h3-6,10-12H,7-9H2,1-2H3. The highest BCUT2D eigenvalue weighted by Crippen LogP contribution is 2.23. The van der Waals surface area contributed by atoms with Gasteiger partial charge in [0.15, 0.2) is 0 Å². The number of para-hydroxylation sites is 1. The van der Waals surface area contributed by atoms with Crippen LogP contribution in [0.3, 0.4) is 0 Å². The van der Waals surface area contributed by atoms with Crippen LogP contribution in [-0.2, 0) is 19.9 Å². The summed E-state index contributed by atoms with van der Waals surface area (Å²) in [6.45, 7) is 0. The van der Waals surface area contributed by atoms with Gasteiger partial charge < -0.3 is 4.74 Å². The molecule has 0 aliphatic carbocycles. The predicted molar refractivity (Wildman–Crippen MR) is 77.8 cm³/mol. The number of hydrogen-bond acceptors (Lipinski definition) is 2. The minimum Gasteiger partial charge on any atom is -0.496 e. The number of methoxy groups -OCH3 is 1. The summed E-state index contributed by atoms with van der Waals surface area (Å²) in [7, 11) is 3.63. The minimum absolute atomic E-state index is 0.391.